The van der Waals surface area contributed by atoms with Gasteiger partial charge in [0.25, 0.3) is 0 Å². The summed E-state index contributed by atoms with van der Waals surface area (Å²) in [5.74, 6) is 0.748. The van der Waals surface area contributed by atoms with Crippen LogP contribution in [-0.2, 0) is 6.42 Å². The summed E-state index contributed by atoms with van der Waals surface area (Å²) in [6.45, 7) is 6.19. The molecule has 1 aromatic rings. The van der Waals surface area contributed by atoms with Gasteiger partial charge in [0, 0.05) is 11.4 Å². The molecule has 1 aromatic heterocycles. The molecule has 1 unspecified atom stereocenters. The van der Waals surface area contributed by atoms with Crippen LogP contribution in [0.15, 0.2) is 12.1 Å². The van der Waals surface area contributed by atoms with Gasteiger partial charge in [-0.2, -0.15) is 0 Å². The molecule has 84 valence electrons. The Morgan fingerprint density at radius 1 is 1.40 bits per heavy atom. The summed E-state index contributed by atoms with van der Waals surface area (Å²) >= 11 is 7.64. The van der Waals surface area contributed by atoms with E-state index >= 15 is 0 Å². The van der Waals surface area contributed by atoms with Gasteiger partial charge in [-0.15, -0.1) is 11.3 Å². The molecule has 0 amide bonds. The smallest absolute Gasteiger partial charge is 0.0931 e. The molecule has 15 heavy (non-hydrogen) atoms. The highest BCUT2D eigenvalue weighted by atomic mass is 35.5. The zero-order valence-electron chi connectivity index (χ0n) is 9.21. The molecule has 1 aliphatic rings. The summed E-state index contributed by atoms with van der Waals surface area (Å²) < 4.78 is 0.915. The lowest BCUT2D eigenvalue weighted by molar-refractivity contribution is 0.288. The van der Waals surface area contributed by atoms with Crippen molar-refractivity contribution in [3.63, 3.8) is 0 Å². The van der Waals surface area contributed by atoms with Crippen molar-refractivity contribution in [3.05, 3.63) is 21.3 Å². The Morgan fingerprint density at radius 2 is 2.13 bits per heavy atom. The number of rotatable bonds is 4. The average molecular weight is 244 g/mol. The number of hydrogen-bond donors (Lipinski definition) is 0. The van der Waals surface area contributed by atoms with Gasteiger partial charge in [-0.3, -0.25) is 0 Å². The van der Waals surface area contributed by atoms with Gasteiger partial charge in [0.2, 0.25) is 0 Å². The van der Waals surface area contributed by atoms with E-state index in [0.29, 0.717) is 0 Å². The Hall–Kier alpha value is -0.0500. The summed E-state index contributed by atoms with van der Waals surface area (Å²) in [5.41, 5.74) is 0. The van der Waals surface area contributed by atoms with Crippen LogP contribution in [0.5, 0.6) is 0 Å². The van der Waals surface area contributed by atoms with Crippen LogP contribution in [-0.4, -0.2) is 24.5 Å². The van der Waals surface area contributed by atoms with Crippen LogP contribution in [0.3, 0.4) is 0 Å². The van der Waals surface area contributed by atoms with Crippen molar-refractivity contribution in [1.82, 2.24) is 4.90 Å². The topological polar surface area (TPSA) is 3.24 Å². The van der Waals surface area contributed by atoms with Crippen molar-refractivity contribution in [3.8, 4) is 0 Å². The molecule has 0 aliphatic carbocycles. The first-order valence-electron chi connectivity index (χ1n) is 5.70. The molecular weight excluding hydrogens is 226 g/mol. The second-order valence-electron chi connectivity index (χ2n) is 4.52. The van der Waals surface area contributed by atoms with Gasteiger partial charge in [0.05, 0.1) is 4.34 Å². The van der Waals surface area contributed by atoms with Gasteiger partial charge in [0.1, 0.15) is 0 Å². The van der Waals surface area contributed by atoms with Crippen LogP contribution in [0.2, 0.25) is 4.34 Å². The first-order chi connectivity index (χ1) is 7.24. The maximum atomic E-state index is 5.92. The largest absolute Gasteiger partial charge is 0.303 e. The van der Waals surface area contributed by atoms with Crippen LogP contribution < -0.4 is 0 Å². The van der Waals surface area contributed by atoms with E-state index in [9.17, 15) is 0 Å². The average Bonchev–Trinajstić information content (AvgIpc) is 2.77. The van der Waals surface area contributed by atoms with Gasteiger partial charge < -0.3 is 4.90 Å². The third-order valence-electron chi connectivity index (χ3n) is 2.95. The molecule has 0 radical (unpaired) electrons. The Balaban J connectivity index is 1.78. The fourth-order valence-electron chi connectivity index (χ4n) is 2.28. The molecule has 2 heterocycles. The minimum Gasteiger partial charge on any atom is -0.303 e. The second kappa shape index (κ2) is 5.33. The molecule has 0 N–H and O–H groups in total. The minimum atomic E-state index is 0.748. The summed E-state index contributed by atoms with van der Waals surface area (Å²) in [4.78, 5) is 4.01. The molecule has 3 heteroatoms. The summed E-state index contributed by atoms with van der Waals surface area (Å²) in [7, 11) is 0. The van der Waals surface area contributed by atoms with Crippen molar-refractivity contribution in [2.45, 2.75) is 26.2 Å². The quantitative estimate of drug-likeness (QED) is 0.780. The Labute approximate surface area is 101 Å². The minimum absolute atomic E-state index is 0.748. The van der Waals surface area contributed by atoms with Crippen LogP contribution in [0.4, 0.5) is 0 Å². The molecule has 0 aromatic carbocycles. The van der Waals surface area contributed by atoms with Gasteiger partial charge in [-0.1, -0.05) is 18.5 Å². The van der Waals surface area contributed by atoms with Gasteiger partial charge in [0.15, 0.2) is 0 Å². The van der Waals surface area contributed by atoms with E-state index in [-0.39, 0.29) is 0 Å². The number of halogens is 1. The monoisotopic (exact) mass is 243 g/mol. The molecule has 1 nitrogen and oxygen atoms in total. The van der Waals surface area contributed by atoms with Crippen molar-refractivity contribution in [2.24, 2.45) is 5.92 Å². The summed E-state index contributed by atoms with van der Waals surface area (Å²) in [6, 6.07) is 4.16. The van der Waals surface area contributed by atoms with Crippen LogP contribution in [0.1, 0.15) is 24.6 Å². The van der Waals surface area contributed by atoms with E-state index in [2.05, 4.69) is 17.9 Å². The number of thiophene rings is 1. The first kappa shape index (κ1) is 11.4. The molecule has 1 aliphatic heterocycles. The maximum Gasteiger partial charge on any atom is 0.0931 e. The van der Waals surface area contributed by atoms with Crippen LogP contribution >= 0.6 is 22.9 Å². The molecule has 1 atom stereocenters. The molecule has 1 saturated heterocycles. The molecule has 0 bridgehead atoms. The first-order valence-corrected chi connectivity index (χ1v) is 6.90. The van der Waals surface area contributed by atoms with Crippen LogP contribution in [0.25, 0.3) is 0 Å². The lowest BCUT2D eigenvalue weighted by Crippen LogP contribution is -2.26. The summed E-state index contributed by atoms with van der Waals surface area (Å²) in [5, 5.41) is 0. The predicted octanol–water partition coefficient (Wildman–Crippen LogP) is 3.68. The van der Waals surface area contributed by atoms with Gasteiger partial charge in [-0.05, 0) is 50.4 Å². The number of nitrogens with zero attached hydrogens (tertiary/aromatic N) is 1. The predicted molar refractivity (Wildman–Crippen MR) is 67.9 cm³/mol. The highest BCUT2D eigenvalue weighted by Crippen LogP contribution is 2.24. The highest BCUT2D eigenvalue weighted by Gasteiger charge is 2.15. The zero-order valence-corrected chi connectivity index (χ0v) is 10.8. The zero-order chi connectivity index (χ0) is 10.7. The third kappa shape index (κ3) is 3.47. The standard InChI is InChI=1S/C12H18ClNS/c1-10(9-14-6-2-3-7-14)8-11-4-5-12(13)15-11/h4-5,10H,2-3,6-9H2,1H3. The third-order valence-corrected chi connectivity index (χ3v) is 4.20. The lowest BCUT2D eigenvalue weighted by Gasteiger charge is -2.19. The normalized spacial score (nSPS) is 19.6. The lowest BCUT2D eigenvalue weighted by atomic mass is 10.1. The molecule has 0 saturated carbocycles. The van der Waals surface area contributed by atoms with E-state index in [1.165, 1.54) is 43.8 Å². The van der Waals surface area contributed by atoms with Gasteiger partial charge >= 0.3 is 0 Å². The fourth-order valence-corrected chi connectivity index (χ4v) is 3.53. The van der Waals surface area contributed by atoms with Crippen molar-refractivity contribution >= 4 is 22.9 Å². The Morgan fingerprint density at radius 3 is 2.73 bits per heavy atom. The van der Waals surface area contributed by atoms with E-state index in [4.69, 9.17) is 11.6 Å². The number of hydrogen-bond acceptors (Lipinski definition) is 2. The molecule has 0 spiro atoms. The SMILES string of the molecule is CC(Cc1ccc(Cl)s1)CN1CCCC1. The fraction of sp³-hybridized carbons (Fsp3) is 0.667. The number of likely N-dealkylation sites (tertiary alicyclic amines) is 1. The van der Waals surface area contributed by atoms with Gasteiger partial charge in [-0.25, -0.2) is 0 Å². The Bertz CT molecular complexity index is 304. The van der Waals surface area contributed by atoms with Crippen molar-refractivity contribution < 1.29 is 0 Å². The van der Waals surface area contributed by atoms with E-state index in [0.717, 1.165) is 10.3 Å². The van der Waals surface area contributed by atoms with E-state index < -0.39 is 0 Å². The summed E-state index contributed by atoms with van der Waals surface area (Å²) in [6.07, 6.45) is 3.95. The van der Waals surface area contributed by atoms with Crippen molar-refractivity contribution in [1.29, 1.82) is 0 Å². The van der Waals surface area contributed by atoms with Crippen molar-refractivity contribution in [2.75, 3.05) is 19.6 Å². The van der Waals surface area contributed by atoms with Crippen LogP contribution in [0, 0.1) is 5.92 Å². The van der Waals surface area contributed by atoms with E-state index in [1.807, 2.05) is 6.07 Å². The molecule has 1 fully saturated rings. The molecular formula is C12H18ClNS. The maximum absolute atomic E-state index is 5.92. The highest BCUT2D eigenvalue weighted by molar-refractivity contribution is 7.16. The van der Waals surface area contributed by atoms with E-state index in [1.54, 1.807) is 11.3 Å². The second-order valence-corrected chi connectivity index (χ2v) is 6.32. The molecule has 2 rings (SSSR count). The Kier molecular flexibility index (Phi) is 4.06.